The molecule has 0 N–H and O–H groups in total. The average molecular weight is 227 g/mol. The Balaban J connectivity index is 2.48. The molecular weight excluding hydrogens is 216 g/mol. The van der Waals surface area contributed by atoms with Gasteiger partial charge in [0, 0.05) is 17.5 Å². The molecule has 1 aliphatic heterocycles. The molecule has 0 aliphatic carbocycles. The molecule has 0 fully saturated rings. The van der Waals surface area contributed by atoms with E-state index in [1.165, 1.54) is 0 Å². The molecule has 15 heavy (non-hydrogen) atoms. The summed E-state index contributed by atoms with van der Waals surface area (Å²) in [6, 6.07) is 3.63. The van der Waals surface area contributed by atoms with Crippen LogP contribution in [-0.4, -0.2) is 19.8 Å². The highest BCUT2D eigenvalue weighted by Gasteiger charge is 2.18. The smallest absolute Gasteiger partial charge is 0.231 e. The first-order valence-corrected chi connectivity index (χ1v) is 5.01. The maximum absolute atomic E-state index is 5.74. The average Bonchev–Trinajstić information content (AvgIpc) is 2.73. The zero-order valence-electron chi connectivity index (χ0n) is 8.38. The van der Waals surface area contributed by atoms with E-state index in [-0.39, 0.29) is 6.79 Å². The molecule has 4 heteroatoms. The van der Waals surface area contributed by atoms with Crippen molar-refractivity contribution in [1.29, 1.82) is 0 Å². The normalized spacial score (nSPS) is 12.7. The van der Waals surface area contributed by atoms with Crippen LogP contribution in [0.25, 0.3) is 5.57 Å². The van der Waals surface area contributed by atoms with Crippen molar-refractivity contribution < 1.29 is 14.2 Å². The maximum atomic E-state index is 5.74. The lowest BCUT2D eigenvalue weighted by atomic mass is 10.1. The van der Waals surface area contributed by atoms with Crippen LogP contribution in [0.2, 0.25) is 0 Å². The van der Waals surface area contributed by atoms with Crippen LogP contribution >= 0.6 is 11.6 Å². The molecule has 80 valence electrons. The third-order valence-corrected chi connectivity index (χ3v) is 2.56. The van der Waals surface area contributed by atoms with E-state index in [2.05, 4.69) is 6.58 Å². The molecule has 0 spiro atoms. The quantitative estimate of drug-likeness (QED) is 0.742. The van der Waals surface area contributed by atoms with Gasteiger partial charge in [-0.05, 0) is 11.6 Å². The topological polar surface area (TPSA) is 27.7 Å². The van der Waals surface area contributed by atoms with Gasteiger partial charge in [-0.1, -0.05) is 6.58 Å². The summed E-state index contributed by atoms with van der Waals surface area (Å²) in [7, 11) is 1.60. The highest BCUT2D eigenvalue weighted by Crippen LogP contribution is 2.40. The minimum absolute atomic E-state index is 0.245. The minimum Gasteiger partial charge on any atom is -0.496 e. The van der Waals surface area contributed by atoms with E-state index in [1.807, 2.05) is 6.07 Å². The molecule has 3 nitrogen and oxygen atoms in total. The van der Waals surface area contributed by atoms with Gasteiger partial charge < -0.3 is 14.2 Å². The highest BCUT2D eigenvalue weighted by molar-refractivity contribution is 6.23. The first-order valence-electron chi connectivity index (χ1n) is 4.48. The first-order chi connectivity index (χ1) is 7.26. The second-order valence-corrected chi connectivity index (χ2v) is 3.41. The molecule has 0 unspecified atom stereocenters. The Morgan fingerprint density at radius 2 is 2.13 bits per heavy atom. The van der Waals surface area contributed by atoms with Gasteiger partial charge in [0.25, 0.3) is 0 Å². The Hall–Kier alpha value is -1.35. The van der Waals surface area contributed by atoms with Crippen molar-refractivity contribution in [2.45, 2.75) is 0 Å². The molecule has 1 heterocycles. The zero-order valence-corrected chi connectivity index (χ0v) is 9.13. The molecule has 0 amide bonds. The van der Waals surface area contributed by atoms with E-state index < -0.39 is 0 Å². The zero-order chi connectivity index (χ0) is 10.8. The number of alkyl halides is 1. The molecule has 2 rings (SSSR count). The summed E-state index contributed by atoms with van der Waals surface area (Å²) in [5.41, 5.74) is 1.66. The molecular formula is C11H11ClO3. The Labute approximate surface area is 93.2 Å². The Morgan fingerprint density at radius 3 is 2.73 bits per heavy atom. The summed E-state index contributed by atoms with van der Waals surface area (Å²) in [6.07, 6.45) is 0. The molecule has 0 saturated heterocycles. The van der Waals surface area contributed by atoms with Crippen molar-refractivity contribution in [3.05, 3.63) is 24.3 Å². The van der Waals surface area contributed by atoms with E-state index in [4.69, 9.17) is 25.8 Å². The third kappa shape index (κ3) is 1.75. The van der Waals surface area contributed by atoms with E-state index in [0.29, 0.717) is 23.1 Å². The number of halogens is 1. The number of hydrogen-bond donors (Lipinski definition) is 0. The summed E-state index contributed by atoms with van der Waals surface area (Å²) < 4.78 is 15.8. The number of fused-ring (bicyclic) bond motifs is 1. The third-order valence-electron chi connectivity index (χ3n) is 2.24. The number of rotatable bonds is 3. The fourth-order valence-electron chi connectivity index (χ4n) is 1.44. The van der Waals surface area contributed by atoms with Gasteiger partial charge in [-0.25, -0.2) is 0 Å². The van der Waals surface area contributed by atoms with Gasteiger partial charge in [0.2, 0.25) is 6.79 Å². The van der Waals surface area contributed by atoms with Crippen LogP contribution in [0.15, 0.2) is 18.7 Å². The van der Waals surface area contributed by atoms with Gasteiger partial charge in [0.05, 0.1) is 7.11 Å². The second-order valence-electron chi connectivity index (χ2n) is 3.14. The predicted octanol–water partition coefficient (Wildman–Crippen LogP) is 2.68. The van der Waals surface area contributed by atoms with Crippen LogP contribution in [-0.2, 0) is 0 Å². The van der Waals surface area contributed by atoms with Gasteiger partial charge in [-0.15, -0.1) is 11.6 Å². The maximum Gasteiger partial charge on any atom is 0.231 e. The number of methoxy groups -OCH3 is 1. The summed E-state index contributed by atoms with van der Waals surface area (Å²) in [5.74, 6) is 2.45. The van der Waals surface area contributed by atoms with Crippen molar-refractivity contribution in [3.63, 3.8) is 0 Å². The highest BCUT2D eigenvalue weighted by atomic mass is 35.5. The molecule has 1 aliphatic rings. The van der Waals surface area contributed by atoms with Gasteiger partial charge >= 0.3 is 0 Å². The molecule has 0 radical (unpaired) electrons. The molecule has 0 atom stereocenters. The lowest BCUT2D eigenvalue weighted by Crippen LogP contribution is -1.93. The second kappa shape index (κ2) is 4.03. The number of ether oxygens (including phenoxy) is 3. The number of benzene rings is 1. The fraction of sp³-hybridized carbons (Fsp3) is 0.273. The predicted molar refractivity (Wildman–Crippen MR) is 58.9 cm³/mol. The van der Waals surface area contributed by atoms with E-state index in [1.54, 1.807) is 13.2 Å². The monoisotopic (exact) mass is 226 g/mol. The van der Waals surface area contributed by atoms with Crippen LogP contribution in [0, 0.1) is 0 Å². The Bertz CT molecular complexity index is 401. The summed E-state index contributed by atoms with van der Waals surface area (Å²) in [6.45, 7) is 4.11. The van der Waals surface area contributed by atoms with Crippen molar-refractivity contribution >= 4 is 17.2 Å². The van der Waals surface area contributed by atoms with E-state index >= 15 is 0 Å². The SMILES string of the molecule is C=C(CCl)c1cc2c(cc1OC)OCO2. The standard InChI is InChI=1S/C11H11ClO3/c1-7(5-12)8-3-10-11(15-6-14-10)4-9(8)13-2/h3-4H,1,5-6H2,2H3. The van der Waals surface area contributed by atoms with Gasteiger partial charge in [-0.3, -0.25) is 0 Å². The van der Waals surface area contributed by atoms with E-state index in [0.717, 1.165) is 11.1 Å². The Kier molecular flexibility index (Phi) is 2.73. The largest absolute Gasteiger partial charge is 0.496 e. The van der Waals surface area contributed by atoms with E-state index in [9.17, 15) is 0 Å². The van der Waals surface area contributed by atoms with Crippen molar-refractivity contribution in [3.8, 4) is 17.2 Å². The molecule has 1 aromatic carbocycles. The molecule has 1 aromatic rings. The first kappa shape index (κ1) is 10.2. The van der Waals surface area contributed by atoms with Gasteiger partial charge in [0.1, 0.15) is 5.75 Å². The lowest BCUT2D eigenvalue weighted by molar-refractivity contribution is 0.174. The van der Waals surface area contributed by atoms with Gasteiger partial charge in [0.15, 0.2) is 11.5 Å². The van der Waals surface area contributed by atoms with Crippen molar-refractivity contribution in [1.82, 2.24) is 0 Å². The molecule has 0 aromatic heterocycles. The summed E-state index contributed by atoms with van der Waals surface area (Å²) >= 11 is 5.74. The van der Waals surface area contributed by atoms with Crippen LogP contribution in [0.4, 0.5) is 0 Å². The Morgan fingerprint density at radius 1 is 1.47 bits per heavy atom. The lowest BCUT2D eigenvalue weighted by Gasteiger charge is -2.10. The summed E-state index contributed by atoms with van der Waals surface area (Å²) in [5, 5.41) is 0. The molecule has 0 bridgehead atoms. The fourth-order valence-corrected chi connectivity index (χ4v) is 1.58. The minimum atomic E-state index is 0.245. The van der Waals surface area contributed by atoms with Gasteiger partial charge in [-0.2, -0.15) is 0 Å². The summed E-state index contributed by atoms with van der Waals surface area (Å²) in [4.78, 5) is 0. The van der Waals surface area contributed by atoms with Crippen LogP contribution in [0.5, 0.6) is 17.2 Å². The van der Waals surface area contributed by atoms with Crippen LogP contribution in [0.3, 0.4) is 0 Å². The van der Waals surface area contributed by atoms with Crippen molar-refractivity contribution in [2.75, 3.05) is 19.8 Å². The van der Waals surface area contributed by atoms with Crippen LogP contribution < -0.4 is 14.2 Å². The molecule has 0 saturated carbocycles. The number of hydrogen-bond acceptors (Lipinski definition) is 3. The van der Waals surface area contributed by atoms with Crippen molar-refractivity contribution in [2.24, 2.45) is 0 Å². The number of allylic oxidation sites excluding steroid dienone is 1. The van der Waals surface area contributed by atoms with Crippen LogP contribution in [0.1, 0.15) is 5.56 Å².